The van der Waals surface area contributed by atoms with Gasteiger partial charge in [0.1, 0.15) is 0 Å². The second-order valence-electron chi connectivity index (χ2n) is 7.11. The van der Waals surface area contributed by atoms with Crippen molar-refractivity contribution in [2.24, 2.45) is 7.05 Å². The molecule has 1 saturated heterocycles. The number of aryl methyl sites for hydroxylation is 2. The van der Waals surface area contributed by atoms with Gasteiger partial charge < -0.3 is 15.3 Å². The number of nitrogens with zero attached hydrogens (tertiary/aromatic N) is 3. The lowest BCUT2D eigenvalue weighted by Gasteiger charge is -2.33. The summed E-state index contributed by atoms with van der Waals surface area (Å²) in [6.45, 7) is 9.02. The number of aliphatic hydroxyl groups is 1. The van der Waals surface area contributed by atoms with Crippen molar-refractivity contribution in [3.05, 3.63) is 17.0 Å². The van der Waals surface area contributed by atoms with Crippen LogP contribution in [0.1, 0.15) is 50.1 Å². The molecule has 0 aliphatic carbocycles. The van der Waals surface area contributed by atoms with Crippen LogP contribution in [-0.4, -0.2) is 50.6 Å². The SMILES string of the molecule is Cc1nn(C)c(C)c1CCCNC(=O)N1CCCC1C(C)(C)O. The Bertz CT molecular complexity index is 560. The minimum absolute atomic E-state index is 0.0609. The van der Waals surface area contributed by atoms with Crippen LogP contribution < -0.4 is 5.32 Å². The Morgan fingerprint density at radius 3 is 2.70 bits per heavy atom. The first-order valence-corrected chi connectivity index (χ1v) is 8.47. The number of carbonyl (C=O) groups is 1. The van der Waals surface area contributed by atoms with Crippen LogP contribution in [0.2, 0.25) is 0 Å². The maximum Gasteiger partial charge on any atom is 0.317 e. The average Bonchev–Trinajstić information content (AvgIpc) is 3.03. The van der Waals surface area contributed by atoms with Crippen molar-refractivity contribution < 1.29 is 9.90 Å². The Labute approximate surface area is 138 Å². The molecule has 2 amide bonds. The number of urea groups is 1. The normalized spacial score (nSPS) is 18.5. The molecule has 1 atom stereocenters. The Kier molecular flexibility index (Phi) is 5.34. The molecule has 2 rings (SSSR count). The molecule has 0 radical (unpaired) electrons. The summed E-state index contributed by atoms with van der Waals surface area (Å²) < 4.78 is 1.90. The molecule has 6 heteroatoms. The van der Waals surface area contributed by atoms with Crippen molar-refractivity contribution in [3.63, 3.8) is 0 Å². The van der Waals surface area contributed by atoms with Gasteiger partial charge in [0, 0.05) is 25.8 Å². The van der Waals surface area contributed by atoms with E-state index in [4.69, 9.17) is 0 Å². The van der Waals surface area contributed by atoms with Gasteiger partial charge in [0.2, 0.25) is 0 Å². The largest absolute Gasteiger partial charge is 0.388 e. The van der Waals surface area contributed by atoms with Gasteiger partial charge in [-0.25, -0.2) is 4.79 Å². The highest BCUT2D eigenvalue weighted by Crippen LogP contribution is 2.26. The van der Waals surface area contributed by atoms with Gasteiger partial charge in [-0.1, -0.05) is 0 Å². The standard InChI is InChI=1S/C17H30N4O2/c1-12-14(13(2)20(5)19-12)8-6-10-18-16(22)21-11-7-9-15(21)17(3,4)23/h15,23H,6-11H2,1-5H3,(H,18,22). The topological polar surface area (TPSA) is 70.4 Å². The van der Waals surface area contributed by atoms with Gasteiger partial charge in [0.05, 0.1) is 17.3 Å². The second kappa shape index (κ2) is 6.91. The zero-order valence-electron chi connectivity index (χ0n) is 15.0. The molecule has 0 saturated carbocycles. The number of nitrogens with one attached hydrogen (secondary N) is 1. The molecular formula is C17H30N4O2. The number of amides is 2. The molecular weight excluding hydrogens is 292 g/mol. The van der Waals surface area contributed by atoms with E-state index in [0.717, 1.165) is 37.9 Å². The summed E-state index contributed by atoms with van der Waals surface area (Å²) in [5, 5.41) is 17.6. The van der Waals surface area contributed by atoms with E-state index in [9.17, 15) is 9.90 Å². The first-order chi connectivity index (χ1) is 10.7. The van der Waals surface area contributed by atoms with Crippen molar-refractivity contribution in [1.29, 1.82) is 0 Å². The third kappa shape index (κ3) is 4.05. The van der Waals surface area contributed by atoms with Crippen molar-refractivity contribution >= 4 is 6.03 Å². The molecule has 1 aromatic heterocycles. The van der Waals surface area contributed by atoms with Crippen molar-refractivity contribution in [2.45, 2.75) is 65.0 Å². The van der Waals surface area contributed by atoms with E-state index in [1.807, 2.05) is 18.7 Å². The number of rotatable bonds is 5. The molecule has 1 aliphatic rings. The van der Waals surface area contributed by atoms with Gasteiger partial charge in [-0.15, -0.1) is 0 Å². The molecule has 130 valence electrons. The Morgan fingerprint density at radius 2 is 2.13 bits per heavy atom. The predicted molar refractivity (Wildman–Crippen MR) is 90.4 cm³/mol. The average molecular weight is 322 g/mol. The van der Waals surface area contributed by atoms with E-state index in [2.05, 4.69) is 17.3 Å². The molecule has 1 aromatic rings. The monoisotopic (exact) mass is 322 g/mol. The first kappa shape index (κ1) is 17.8. The highest BCUT2D eigenvalue weighted by molar-refractivity contribution is 5.75. The van der Waals surface area contributed by atoms with Crippen LogP contribution in [0.4, 0.5) is 4.79 Å². The first-order valence-electron chi connectivity index (χ1n) is 8.47. The summed E-state index contributed by atoms with van der Waals surface area (Å²) in [5.41, 5.74) is 2.68. The maximum absolute atomic E-state index is 12.3. The summed E-state index contributed by atoms with van der Waals surface area (Å²) in [7, 11) is 1.96. The van der Waals surface area contributed by atoms with Gasteiger partial charge in [0.15, 0.2) is 0 Å². The van der Waals surface area contributed by atoms with Gasteiger partial charge >= 0.3 is 6.03 Å². The molecule has 1 aliphatic heterocycles. The van der Waals surface area contributed by atoms with Crippen LogP contribution in [0.5, 0.6) is 0 Å². The number of hydrogen-bond donors (Lipinski definition) is 2. The molecule has 2 heterocycles. The lowest BCUT2D eigenvalue weighted by molar-refractivity contribution is 0.00985. The fourth-order valence-electron chi connectivity index (χ4n) is 3.49. The van der Waals surface area contributed by atoms with E-state index in [-0.39, 0.29) is 12.1 Å². The highest BCUT2D eigenvalue weighted by Gasteiger charge is 2.38. The molecule has 0 spiro atoms. The summed E-state index contributed by atoms with van der Waals surface area (Å²) in [6, 6.07) is -0.153. The van der Waals surface area contributed by atoms with Gasteiger partial charge in [-0.05, 0) is 58.9 Å². The number of hydrogen-bond acceptors (Lipinski definition) is 3. The summed E-state index contributed by atoms with van der Waals surface area (Å²) in [4.78, 5) is 14.1. The van der Waals surface area contributed by atoms with E-state index in [0.29, 0.717) is 6.54 Å². The van der Waals surface area contributed by atoms with Crippen LogP contribution in [-0.2, 0) is 13.5 Å². The van der Waals surface area contributed by atoms with E-state index in [1.165, 1.54) is 11.3 Å². The zero-order valence-corrected chi connectivity index (χ0v) is 15.0. The number of aromatic nitrogens is 2. The predicted octanol–water partition coefficient (Wildman–Crippen LogP) is 1.91. The van der Waals surface area contributed by atoms with Gasteiger partial charge in [0.25, 0.3) is 0 Å². The maximum atomic E-state index is 12.3. The molecule has 0 aromatic carbocycles. The van der Waals surface area contributed by atoms with Crippen LogP contribution in [0.25, 0.3) is 0 Å². The Balaban J connectivity index is 1.81. The summed E-state index contributed by atoms with van der Waals surface area (Å²) >= 11 is 0. The van der Waals surface area contributed by atoms with Crippen molar-refractivity contribution in [1.82, 2.24) is 20.0 Å². The smallest absolute Gasteiger partial charge is 0.317 e. The van der Waals surface area contributed by atoms with Crippen LogP contribution >= 0.6 is 0 Å². The number of carbonyl (C=O) groups excluding carboxylic acids is 1. The van der Waals surface area contributed by atoms with Crippen molar-refractivity contribution in [3.8, 4) is 0 Å². The second-order valence-corrected chi connectivity index (χ2v) is 7.11. The lowest BCUT2D eigenvalue weighted by Crippen LogP contribution is -2.51. The third-order valence-electron chi connectivity index (χ3n) is 4.87. The van der Waals surface area contributed by atoms with E-state index < -0.39 is 5.60 Å². The number of likely N-dealkylation sites (tertiary alicyclic amines) is 1. The van der Waals surface area contributed by atoms with Gasteiger partial charge in [-0.3, -0.25) is 4.68 Å². The summed E-state index contributed by atoms with van der Waals surface area (Å²) in [5.74, 6) is 0. The minimum Gasteiger partial charge on any atom is -0.388 e. The van der Waals surface area contributed by atoms with Gasteiger partial charge in [-0.2, -0.15) is 5.10 Å². The minimum atomic E-state index is -0.849. The Morgan fingerprint density at radius 1 is 1.43 bits per heavy atom. The zero-order chi connectivity index (χ0) is 17.2. The van der Waals surface area contributed by atoms with Crippen molar-refractivity contribution in [2.75, 3.05) is 13.1 Å². The molecule has 1 fully saturated rings. The fraction of sp³-hybridized carbons (Fsp3) is 0.765. The van der Waals surface area contributed by atoms with Crippen LogP contribution in [0.15, 0.2) is 0 Å². The summed E-state index contributed by atoms with van der Waals surface area (Å²) in [6.07, 6.45) is 3.63. The highest BCUT2D eigenvalue weighted by atomic mass is 16.3. The van der Waals surface area contributed by atoms with E-state index >= 15 is 0 Å². The Hall–Kier alpha value is -1.56. The lowest BCUT2D eigenvalue weighted by atomic mass is 9.97. The van der Waals surface area contributed by atoms with E-state index in [1.54, 1.807) is 18.7 Å². The molecule has 0 bridgehead atoms. The van der Waals surface area contributed by atoms with Crippen LogP contribution in [0, 0.1) is 13.8 Å². The van der Waals surface area contributed by atoms with Crippen LogP contribution in [0.3, 0.4) is 0 Å². The third-order valence-corrected chi connectivity index (χ3v) is 4.87. The molecule has 1 unspecified atom stereocenters. The molecule has 6 nitrogen and oxygen atoms in total. The molecule has 2 N–H and O–H groups in total. The fourth-order valence-corrected chi connectivity index (χ4v) is 3.49. The molecule has 23 heavy (non-hydrogen) atoms. The quantitative estimate of drug-likeness (QED) is 0.814.